The monoisotopic (exact) mass is 211 g/mol. The molecule has 78 valence electrons. The van der Waals surface area contributed by atoms with Crippen LogP contribution in [0.3, 0.4) is 0 Å². The van der Waals surface area contributed by atoms with Gasteiger partial charge >= 0.3 is 0 Å². The van der Waals surface area contributed by atoms with Gasteiger partial charge in [0, 0.05) is 6.07 Å². The van der Waals surface area contributed by atoms with Gasteiger partial charge in [-0.2, -0.15) is 0 Å². The van der Waals surface area contributed by atoms with E-state index in [1.54, 1.807) is 20.0 Å². The predicted molar refractivity (Wildman–Crippen MR) is 66.7 cm³/mol. The van der Waals surface area contributed by atoms with Crippen molar-refractivity contribution in [2.45, 2.75) is 0 Å². The van der Waals surface area contributed by atoms with Crippen LogP contribution in [0.1, 0.15) is 0 Å². The predicted octanol–water partition coefficient (Wildman–Crippen LogP) is 1.52. The molecule has 0 atom stereocenters. The van der Waals surface area contributed by atoms with Gasteiger partial charge in [0.1, 0.15) is 7.85 Å². The molecule has 2 aromatic carbocycles. The van der Waals surface area contributed by atoms with Gasteiger partial charge in [-0.05, 0) is 22.7 Å². The van der Waals surface area contributed by atoms with Gasteiger partial charge in [0.2, 0.25) is 0 Å². The first-order chi connectivity index (χ1) is 7.68. The van der Waals surface area contributed by atoms with Gasteiger partial charge < -0.3 is 0 Å². The third-order valence-corrected chi connectivity index (χ3v) is 2.50. The van der Waals surface area contributed by atoms with E-state index < -0.39 is 0 Å². The van der Waals surface area contributed by atoms with Crippen LogP contribution >= 0.6 is 0 Å². The molecule has 16 heavy (non-hydrogen) atoms. The minimum Gasteiger partial charge on any atom is -0.258 e. The second-order valence-electron chi connectivity index (χ2n) is 3.62. The Labute approximate surface area is 94.3 Å². The molecule has 0 aromatic heterocycles. The first-order valence-corrected chi connectivity index (χ1v) is 4.99. The fraction of sp³-hybridized carbons (Fsp3) is 0. The quantitative estimate of drug-likeness (QED) is 0.429. The maximum Gasteiger partial charge on any atom is 0.263 e. The molecule has 0 saturated carbocycles. The molecule has 0 amide bonds. The summed E-state index contributed by atoms with van der Waals surface area (Å²) in [7, 11) is 1.75. The fourth-order valence-corrected chi connectivity index (χ4v) is 1.67. The highest BCUT2D eigenvalue weighted by Crippen LogP contribution is 2.20. The number of nitro benzene ring substituents is 1. The summed E-state index contributed by atoms with van der Waals surface area (Å²) in [4.78, 5) is 10.3. The lowest BCUT2D eigenvalue weighted by Crippen LogP contribution is -2.09. The standard InChI is InChI=1S/C12H10BNO2/c13-11-8-10(6-7-12(11)14(15)16)9-4-2-1-3-5-9/h1-8H,13H2. The molecule has 0 saturated heterocycles. The number of hydrogen-bond acceptors (Lipinski definition) is 2. The molecule has 0 fully saturated rings. The Kier molecular flexibility index (Phi) is 2.73. The van der Waals surface area contributed by atoms with Crippen molar-refractivity contribution in [1.29, 1.82) is 0 Å². The maximum atomic E-state index is 10.7. The summed E-state index contributed by atoms with van der Waals surface area (Å²) in [6.45, 7) is 0. The molecule has 0 spiro atoms. The molecule has 0 unspecified atom stereocenters. The van der Waals surface area contributed by atoms with Crippen molar-refractivity contribution in [3.63, 3.8) is 0 Å². The SMILES string of the molecule is Bc1cc(-c2ccccc2)ccc1[N+](=O)[O-]. The van der Waals surface area contributed by atoms with Crippen molar-refractivity contribution in [1.82, 2.24) is 0 Å². The number of nitrogens with zero attached hydrogens (tertiary/aromatic N) is 1. The first-order valence-electron chi connectivity index (χ1n) is 4.99. The van der Waals surface area contributed by atoms with Crippen molar-refractivity contribution < 1.29 is 4.92 Å². The first kappa shape index (κ1) is 10.4. The molecule has 0 radical (unpaired) electrons. The average Bonchev–Trinajstić information content (AvgIpc) is 2.29. The van der Waals surface area contributed by atoms with E-state index in [0.29, 0.717) is 5.46 Å². The van der Waals surface area contributed by atoms with Crippen LogP contribution in [0.2, 0.25) is 0 Å². The fourth-order valence-electron chi connectivity index (χ4n) is 1.67. The summed E-state index contributed by atoms with van der Waals surface area (Å²) in [6.07, 6.45) is 0. The highest BCUT2D eigenvalue weighted by molar-refractivity contribution is 6.35. The number of hydrogen-bond donors (Lipinski definition) is 0. The third-order valence-electron chi connectivity index (χ3n) is 2.50. The Hall–Kier alpha value is -2.10. The highest BCUT2D eigenvalue weighted by atomic mass is 16.6. The smallest absolute Gasteiger partial charge is 0.258 e. The lowest BCUT2D eigenvalue weighted by molar-refractivity contribution is -0.383. The van der Waals surface area contributed by atoms with Crippen LogP contribution < -0.4 is 5.46 Å². The normalized spacial score (nSPS) is 10.0. The minimum atomic E-state index is -0.357. The molecule has 0 aliphatic rings. The Balaban J connectivity index is 2.46. The van der Waals surface area contributed by atoms with Crippen LogP contribution in [0, 0.1) is 10.1 Å². The van der Waals surface area contributed by atoms with Crippen molar-refractivity contribution in [2.24, 2.45) is 0 Å². The van der Waals surface area contributed by atoms with Crippen LogP contribution in [-0.2, 0) is 0 Å². The highest BCUT2D eigenvalue weighted by Gasteiger charge is 2.10. The average molecular weight is 211 g/mol. The Bertz CT molecular complexity index is 526. The van der Waals surface area contributed by atoms with E-state index >= 15 is 0 Å². The van der Waals surface area contributed by atoms with Crippen molar-refractivity contribution >= 4 is 19.0 Å². The van der Waals surface area contributed by atoms with E-state index in [1.807, 2.05) is 36.4 Å². The summed E-state index contributed by atoms with van der Waals surface area (Å²) in [5.74, 6) is 0. The van der Waals surface area contributed by atoms with Crippen LogP contribution in [0.25, 0.3) is 11.1 Å². The van der Waals surface area contributed by atoms with Gasteiger partial charge in [-0.3, -0.25) is 10.1 Å². The molecule has 0 heterocycles. The molecular weight excluding hydrogens is 201 g/mol. The zero-order valence-corrected chi connectivity index (χ0v) is 8.88. The zero-order chi connectivity index (χ0) is 11.5. The zero-order valence-electron chi connectivity index (χ0n) is 8.88. The molecule has 3 nitrogen and oxygen atoms in total. The molecule has 2 rings (SSSR count). The van der Waals surface area contributed by atoms with Crippen LogP contribution in [-0.4, -0.2) is 12.8 Å². The topological polar surface area (TPSA) is 43.1 Å². The maximum absolute atomic E-state index is 10.7. The van der Waals surface area contributed by atoms with Gasteiger partial charge in [0.25, 0.3) is 5.69 Å². The Morgan fingerprint density at radius 3 is 2.25 bits per heavy atom. The summed E-state index contributed by atoms with van der Waals surface area (Å²) in [6, 6.07) is 15.0. The van der Waals surface area contributed by atoms with Gasteiger partial charge in [-0.15, -0.1) is 0 Å². The number of benzene rings is 2. The molecule has 0 N–H and O–H groups in total. The molecule has 0 aliphatic heterocycles. The molecular formula is C12H10BNO2. The third kappa shape index (κ3) is 1.96. The van der Waals surface area contributed by atoms with E-state index in [2.05, 4.69) is 0 Å². The van der Waals surface area contributed by atoms with Gasteiger partial charge in [-0.1, -0.05) is 36.4 Å². The molecule has 0 bridgehead atoms. The van der Waals surface area contributed by atoms with Crippen LogP contribution in [0.4, 0.5) is 5.69 Å². The van der Waals surface area contributed by atoms with Crippen molar-refractivity contribution in [3.8, 4) is 11.1 Å². The summed E-state index contributed by atoms with van der Waals surface area (Å²) in [5.41, 5.74) is 2.93. The van der Waals surface area contributed by atoms with Gasteiger partial charge in [-0.25, -0.2) is 0 Å². The van der Waals surface area contributed by atoms with E-state index in [9.17, 15) is 10.1 Å². The van der Waals surface area contributed by atoms with E-state index in [0.717, 1.165) is 11.1 Å². The second-order valence-corrected chi connectivity index (χ2v) is 3.62. The Morgan fingerprint density at radius 2 is 1.69 bits per heavy atom. The summed E-state index contributed by atoms with van der Waals surface area (Å²) in [5, 5.41) is 10.7. The van der Waals surface area contributed by atoms with E-state index in [-0.39, 0.29) is 10.6 Å². The number of nitro groups is 1. The van der Waals surface area contributed by atoms with Crippen LogP contribution in [0.15, 0.2) is 48.5 Å². The van der Waals surface area contributed by atoms with Gasteiger partial charge in [0.15, 0.2) is 0 Å². The largest absolute Gasteiger partial charge is 0.263 e. The van der Waals surface area contributed by atoms with Gasteiger partial charge in [0.05, 0.1) is 4.92 Å². The lowest BCUT2D eigenvalue weighted by atomic mass is 9.90. The summed E-state index contributed by atoms with van der Waals surface area (Å²) >= 11 is 0. The number of rotatable bonds is 2. The molecule has 4 heteroatoms. The lowest BCUT2D eigenvalue weighted by Gasteiger charge is -2.03. The van der Waals surface area contributed by atoms with E-state index in [1.165, 1.54) is 0 Å². The molecule has 0 aliphatic carbocycles. The molecule has 2 aromatic rings. The van der Waals surface area contributed by atoms with E-state index in [4.69, 9.17) is 0 Å². The Morgan fingerprint density at radius 1 is 1.00 bits per heavy atom. The van der Waals surface area contributed by atoms with Crippen molar-refractivity contribution in [2.75, 3.05) is 0 Å². The second kappa shape index (κ2) is 4.19. The van der Waals surface area contributed by atoms with Crippen molar-refractivity contribution in [3.05, 3.63) is 58.6 Å². The summed E-state index contributed by atoms with van der Waals surface area (Å²) < 4.78 is 0. The van der Waals surface area contributed by atoms with Crippen LogP contribution in [0.5, 0.6) is 0 Å². The minimum absolute atomic E-state index is 0.166.